The minimum Gasteiger partial charge on any atom is -0.469 e. The maximum Gasteiger partial charge on any atom is 0.410 e. The van der Waals surface area contributed by atoms with Crippen LogP contribution in [-0.2, 0) is 14.3 Å². The van der Waals surface area contributed by atoms with E-state index in [0.29, 0.717) is 13.0 Å². The van der Waals surface area contributed by atoms with Crippen LogP contribution >= 0.6 is 0 Å². The van der Waals surface area contributed by atoms with Crippen LogP contribution in [-0.4, -0.2) is 42.3 Å². The van der Waals surface area contributed by atoms with Gasteiger partial charge in [0.1, 0.15) is 5.60 Å². The normalized spacial score (nSPS) is 24.6. The van der Waals surface area contributed by atoms with Gasteiger partial charge in [0, 0.05) is 12.6 Å². The maximum atomic E-state index is 11.9. The summed E-state index contributed by atoms with van der Waals surface area (Å²) in [7, 11) is 1.37. The Labute approximate surface area is 102 Å². The Balaban J connectivity index is 2.64. The van der Waals surface area contributed by atoms with E-state index in [9.17, 15) is 9.59 Å². The molecule has 98 valence electrons. The van der Waals surface area contributed by atoms with Crippen molar-refractivity contribution in [1.29, 1.82) is 0 Å². The van der Waals surface area contributed by atoms with Crippen LogP contribution in [0.15, 0.2) is 0 Å². The van der Waals surface area contributed by atoms with E-state index >= 15 is 0 Å². The number of hydrogen-bond acceptors (Lipinski definition) is 4. The van der Waals surface area contributed by atoms with Crippen molar-refractivity contribution in [1.82, 2.24) is 4.90 Å². The Kier molecular flexibility index (Phi) is 4.01. The molecule has 0 N–H and O–H groups in total. The second-order valence-corrected chi connectivity index (χ2v) is 5.33. The largest absolute Gasteiger partial charge is 0.469 e. The summed E-state index contributed by atoms with van der Waals surface area (Å²) in [4.78, 5) is 24.9. The van der Waals surface area contributed by atoms with Gasteiger partial charge in [0.05, 0.1) is 13.0 Å². The standard InChI is InChI=1S/C12H21NO4/c1-8-9(10(14)16-5)6-7-13(8)11(15)17-12(2,3)4/h8-9H,6-7H2,1-5H3/t8?,9-/m1/s1. The fourth-order valence-corrected chi connectivity index (χ4v) is 1.98. The molecule has 1 amide bonds. The number of rotatable bonds is 1. The summed E-state index contributed by atoms with van der Waals surface area (Å²) in [5, 5.41) is 0. The maximum absolute atomic E-state index is 11.9. The predicted octanol–water partition coefficient (Wildman–Crippen LogP) is 1.80. The average Bonchev–Trinajstić information content (AvgIpc) is 2.56. The first-order valence-corrected chi connectivity index (χ1v) is 5.83. The van der Waals surface area contributed by atoms with Crippen LogP contribution in [0.1, 0.15) is 34.1 Å². The van der Waals surface area contributed by atoms with Gasteiger partial charge in [-0.3, -0.25) is 4.79 Å². The lowest BCUT2D eigenvalue weighted by molar-refractivity contribution is -0.145. The lowest BCUT2D eigenvalue weighted by Crippen LogP contribution is -2.41. The Morgan fingerprint density at radius 2 is 1.88 bits per heavy atom. The number of ether oxygens (including phenoxy) is 2. The molecular weight excluding hydrogens is 222 g/mol. The highest BCUT2D eigenvalue weighted by Gasteiger charge is 2.40. The van der Waals surface area contributed by atoms with Crippen molar-refractivity contribution in [3.05, 3.63) is 0 Å². The Bertz CT molecular complexity index is 308. The molecule has 0 aromatic rings. The molecule has 0 bridgehead atoms. The van der Waals surface area contributed by atoms with Crippen LogP contribution in [0, 0.1) is 5.92 Å². The summed E-state index contributed by atoms with van der Waals surface area (Å²) in [6, 6.07) is -0.169. The van der Waals surface area contributed by atoms with Gasteiger partial charge in [-0.05, 0) is 34.1 Å². The van der Waals surface area contributed by atoms with Crippen molar-refractivity contribution in [3.8, 4) is 0 Å². The molecule has 5 heteroatoms. The van der Waals surface area contributed by atoms with E-state index in [2.05, 4.69) is 0 Å². The van der Waals surface area contributed by atoms with Crippen molar-refractivity contribution in [2.75, 3.05) is 13.7 Å². The highest BCUT2D eigenvalue weighted by Crippen LogP contribution is 2.26. The minimum absolute atomic E-state index is 0.169. The quantitative estimate of drug-likeness (QED) is 0.659. The Morgan fingerprint density at radius 3 is 2.35 bits per heavy atom. The van der Waals surface area contributed by atoms with Crippen LogP contribution in [0.25, 0.3) is 0 Å². The zero-order valence-corrected chi connectivity index (χ0v) is 11.1. The SMILES string of the molecule is COC(=O)[C@@H]1CCN(C(=O)OC(C)(C)C)C1C. The average molecular weight is 243 g/mol. The van der Waals surface area contributed by atoms with Gasteiger partial charge in [-0.25, -0.2) is 4.79 Å². The molecular formula is C12H21NO4. The third-order valence-corrected chi connectivity index (χ3v) is 2.89. The van der Waals surface area contributed by atoms with Gasteiger partial charge in [0.25, 0.3) is 0 Å². The third-order valence-electron chi connectivity index (χ3n) is 2.89. The Hall–Kier alpha value is -1.26. The summed E-state index contributed by atoms with van der Waals surface area (Å²) in [6.45, 7) is 7.85. The minimum atomic E-state index is -0.514. The van der Waals surface area contributed by atoms with E-state index in [1.54, 1.807) is 4.90 Å². The zero-order valence-electron chi connectivity index (χ0n) is 11.1. The van der Waals surface area contributed by atoms with Crippen molar-refractivity contribution >= 4 is 12.1 Å². The number of esters is 1. The molecule has 1 heterocycles. The molecule has 0 saturated carbocycles. The van der Waals surface area contributed by atoms with Gasteiger partial charge in [0.15, 0.2) is 0 Å². The van der Waals surface area contributed by atoms with Crippen LogP contribution in [0.2, 0.25) is 0 Å². The molecule has 1 saturated heterocycles. The van der Waals surface area contributed by atoms with Gasteiger partial charge >= 0.3 is 12.1 Å². The molecule has 1 aliphatic heterocycles. The number of carbonyl (C=O) groups is 2. The smallest absolute Gasteiger partial charge is 0.410 e. The van der Waals surface area contributed by atoms with E-state index in [0.717, 1.165) is 0 Å². The molecule has 0 aromatic heterocycles. The zero-order chi connectivity index (χ0) is 13.2. The first-order chi connectivity index (χ1) is 7.76. The molecule has 1 unspecified atom stereocenters. The van der Waals surface area contributed by atoms with Gasteiger partial charge in [-0.15, -0.1) is 0 Å². The first kappa shape index (κ1) is 13.8. The van der Waals surface area contributed by atoms with Crippen molar-refractivity contribution in [2.45, 2.75) is 45.8 Å². The molecule has 1 aliphatic rings. The van der Waals surface area contributed by atoms with E-state index in [-0.39, 0.29) is 24.0 Å². The van der Waals surface area contributed by atoms with E-state index in [4.69, 9.17) is 9.47 Å². The van der Waals surface area contributed by atoms with Crippen molar-refractivity contribution in [2.24, 2.45) is 5.92 Å². The molecule has 0 radical (unpaired) electrons. The van der Waals surface area contributed by atoms with E-state index < -0.39 is 5.60 Å². The summed E-state index contributed by atoms with van der Waals surface area (Å²) in [5.41, 5.74) is -0.514. The highest BCUT2D eigenvalue weighted by atomic mass is 16.6. The lowest BCUT2D eigenvalue weighted by atomic mass is 10.0. The number of nitrogens with zero attached hydrogens (tertiary/aromatic N) is 1. The fourth-order valence-electron chi connectivity index (χ4n) is 1.98. The van der Waals surface area contributed by atoms with Gasteiger partial charge in [-0.2, -0.15) is 0 Å². The van der Waals surface area contributed by atoms with Crippen LogP contribution in [0.3, 0.4) is 0 Å². The molecule has 0 aliphatic carbocycles. The van der Waals surface area contributed by atoms with E-state index in [1.165, 1.54) is 7.11 Å². The van der Waals surface area contributed by atoms with E-state index in [1.807, 2.05) is 27.7 Å². The van der Waals surface area contributed by atoms with Crippen LogP contribution in [0.5, 0.6) is 0 Å². The predicted molar refractivity (Wildman–Crippen MR) is 62.5 cm³/mol. The molecule has 2 atom stereocenters. The summed E-state index contributed by atoms with van der Waals surface area (Å²) >= 11 is 0. The number of carbonyl (C=O) groups excluding carboxylic acids is 2. The molecule has 5 nitrogen and oxygen atoms in total. The molecule has 1 rings (SSSR count). The number of methoxy groups -OCH3 is 1. The second kappa shape index (κ2) is 4.94. The van der Waals surface area contributed by atoms with Gasteiger partial charge < -0.3 is 14.4 Å². The Morgan fingerprint density at radius 1 is 1.29 bits per heavy atom. The molecule has 0 aromatic carbocycles. The lowest BCUT2D eigenvalue weighted by Gasteiger charge is -2.27. The number of amides is 1. The third kappa shape index (κ3) is 3.35. The highest BCUT2D eigenvalue weighted by molar-refractivity contribution is 5.76. The number of hydrogen-bond donors (Lipinski definition) is 0. The molecule has 0 spiro atoms. The van der Waals surface area contributed by atoms with Gasteiger partial charge in [-0.1, -0.05) is 0 Å². The number of likely N-dealkylation sites (tertiary alicyclic amines) is 1. The van der Waals surface area contributed by atoms with Crippen LogP contribution < -0.4 is 0 Å². The molecule has 1 fully saturated rings. The first-order valence-electron chi connectivity index (χ1n) is 5.83. The van der Waals surface area contributed by atoms with Crippen molar-refractivity contribution < 1.29 is 19.1 Å². The fraction of sp³-hybridized carbons (Fsp3) is 0.833. The van der Waals surface area contributed by atoms with Crippen molar-refractivity contribution in [3.63, 3.8) is 0 Å². The monoisotopic (exact) mass is 243 g/mol. The summed E-state index contributed by atoms with van der Waals surface area (Å²) in [6.07, 6.45) is 0.268. The summed E-state index contributed by atoms with van der Waals surface area (Å²) in [5.74, 6) is -0.504. The molecule has 17 heavy (non-hydrogen) atoms. The van der Waals surface area contributed by atoms with Crippen LogP contribution in [0.4, 0.5) is 4.79 Å². The second-order valence-electron chi connectivity index (χ2n) is 5.33. The summed E-state index contributed by atoms with van der Waals surface area (Å²) < 4.78 is 10.0. The van der Waals surface area contributed by atoms with Gasteiger partial charge in [0.2, 0.25) is 0 Å². The topological polar surface area (TPSA) is 55.8 Å².